The lowest BCUT2D eigenvalue weighted by molar-refractivity contribution is -0.597. The Hall–Kier alpha value is -1.34. The second-order valence-electron chi connectivity index (χ2n) is 4.29. The number of halogens is 7. The first kappa shape index (κ1) is 21.7. The largest absolute Gasteiger partial charge is 0.741 e. The Morgan fingerprint density at radius 2 is 1.16 bits per heavy atom. The smallest absolute Gasteiger partial charge is 0.485 e. The molecule has 0 spiro atoms. The summed E-state index contributed by atoms with van der Waals surface area (Å²) in [5, 5.41) is 0. The average Bonchev–Trinajstić information content (AvgIpc) is 2.46. The molecule has 0 saturated heterocycles. The predicted molar refractivity (Wildman–Crippen MR) is 71.0 cm³/mol. The van der Waals surface area contributed by atoms with Crippen LogP contribution >= 0.6 is 0 Å². The zero-order valence-corrected chi connectivity index (χ0v) is 14.9. The van der Waals surface area contributed by atoms with Crippen molar-refractivity contribution < 1.29 is 60.5 Å². The molecular formula is C14H9F6IO3S. The average molecular weight is 498 g/mol. The lowest BCUT2D eigenvalue weighted by Gasteiger charge is -2.08. The molecule has 2 aromatic carbocycles. The minimum atomic E-state index is -6.09. The fourth-order valence-corrected chi connectivity index (χ4v) is 3.52. The maximum atomic E-state index is 12.4. The summed E-state index contributed by atoms with van der Waals surface area (Å²) in [7, 11) is -6.09. The highest BCUT2D eigenvalue weighted by Crippen LogP contribution is 2.28. The second-order valence-corrected chi connectivity index (χ2v) is 8.70. The van der Waals surface area contributed by atoms with Crippen molar-refractivity contribution in [3.8, 4) is 0 Å². The van der Waals surface area contributed by atoms with E-state index in [1.54, 1.807) is 12.1 Å². The minimum Gasteiger partial charge on any atom is -0.741 e. The molecule has 3 nitrogen and oxygen atoms in total. The van der Waals surface area contributed by atoms with E-state index in [1.807, 2.05) is 30.3 Å². The fourth-order valence-electron chi connectivity index (χ4n) is 1.31. The van der Waals surface area contributed by atoms with Gasteiger partial charge in [0.2, 0.25) is 0 Å². The molecule has 0 aliphatic rings. The van der Waals surface area contributed by atoms with Gasteiger partial charge in [0.25, 0.3) is 0 Å². The van der Waals surface area contributed by atoms with E-state index in [9.17, 15) is 26.3 Å². The molecule has 2 aromatic rings. The van der Waals surface area contributed by atoms with E-state index in [1.165, 1.54) is 3.57 Å². The fraction of sp³-hybridized carbons (Fsp3) is 0.143. The van der Waals surface area contributed by atoms with Crippen LogP contribution in [-0.2, 0) is 16.3 Å². The Balaban J connectivity index is 0.000000333. The molecule has 0 heterocycles. The molecule has 0 fully saturated rings. The zero-order valence-electron chi connectivity index (χ0n) is 12.0. The van der Waals surface area contributed by atoms with Crippen molar-refractivity contribution in [3.05, 3.63) is 67.3 Å². The van der Waals surface area contributed by atoms with Crippen LogP contribution in [0.15, 0.2) is 54.6 Å². The minimum absolute atomic E-state index is 0.388. The topological polar surface area (TPSA) is 57.2 Å². The van der Waals surface area contributed by atoms with Gasteiger partial charge in [-0.3, -0.25) is 0 Å². The van der Waals surface area contributed by atoms with Crippen LogP contribution < -0.4 is 21.2 Å². The lowest BCUT2D eigenvalue weighted by Crippen LogP contribution is -3.61. The summed E-state index contributed by atoms with van der Waals surface area (Å²) in [6.45, 7) is 0. The Morgan fingerprint density at radius 3 is 1.52 bits per heavy atom. The molecule has 138 valence electrons. The Labute approximate surface area is 149 Å². The number of alkyl halides is 6. The molecular weight excluding hydrogens is 489 g/mol. The second kappa shape index (κ2) is 8.36. The number of rotatable bonds is 2. The van der Waals surface area contributed by atoms with Gasteiger partial charge in [0.15, 0.2) is 17.3 Å². The van der Waals surface area contributed by atoms with Gasteiger partial charge in [-0.1, -0.05) is 18.2 Å². The van der Waals surface area contributed by atoms with Crippen LogP contribution in [0.25, 0.3) is 0 Å². The predicted octanol–water partition coefficient (Wildman–Crippen LogP) is 0.885. The summed E-state index contributed by atoms with van der Waals surface area (Å²) < 4.78 is 98.2. The highest BCUT2D eigenvalue weighted by molar-refractivity contribution is 7.86. The van der Waals surface area contributed by atoms with Crippen LogP contribution in [-0.4, -0.2) is 18.5 Å². The standard InChI is InChI=1S/C13H9F3I.CHF3O3S/c14-13(15,16)10-6-8-12(9-7-10)17-11-4-2-1-3-5-11;2-1(3,4)8(5,6)7/h1-9H;(H,5,6,7)/q+1;/p-1. The summed E-state index contributed by atoms with van der Waals surface area (Å²) >= 11 is -0.388. The SMILES string of the molecule is FC(F)(F)c1ccc([I+]c2ccccc2)cc1.O=S(=O)([O-])C(F)(F)F. The Bertz CT molecular complexity index is 771. The molecule has 11 heteroatoms. The molecule has 0 saturated carbocycles. The van der Waals surface area contributed by atoms with E-state index < -0.39 is 27.4 Å². The number of hydrogen-bond acceptors (Lipinski definition) is 3. The molecule has 0 radical (unpaired) electrons. The maximum absolute atomic E-state index is 12.4. The monoisotopic (exact) mass is 498 g/mol. The van der Waals surface area contributed by atoms with Gasteiger partial charge in [-0.05, 0) is 36.4 Å². The molecule has 25 heavy (non-hydrogen) atoms. The van der Waals surface area contributed by atoms with Crippen molar-refractivity contribution in [2.75, 3.05) is 0 Å². The van der Waals surface area contributed by atoms with Gasteiger partial charge in [-0.2, -0.15) is 26.3 Å². The van der Waals surface area contributed by atoms with Crippen LogP contribution in [0.2, 0.25) is 0 Å². The van der Waals surface area contributed by atoms with E-state index >= 15 is 0 Å². The third kappa shape index (κ3) is 7.61. The molecule has 2 rings (SSSR count). The van der Waals surface area contributed by atoms with Gasteiger partial charge < -0.3 is 4.55 Å². The summed E-state index contributed by atoms with van der Waals surface area (Å²) in [5.74, 6) is 0. The first-order valence-electron chi connectivity index (χ1n) is 6.20. The van der Waals surface area contributed by atoms with Crippen LogP contribution in [0.5, 0.6) is 0 Å². The molecule has 0 unspecified atom stereocenters. The van der Waals surface area contributed by atoms with Gasteiger partial charge in [-0.25, -0.2) is 8.42 Å². The molecule has 0 bridgehead atoms. The molecule has 0 amide bonds. The number of hydrogen-bond donors (Lipinski definition) is 0. The Kier molecular flexibility index (Phi) is 7.26. The summed E-state index contributed by atoms with van der Waals surface area (Å²) in [4.78, 5) is 0. The third-order valence-corrected chi connectivity index (χ3v) is 5.66. The molecule has 0 aromatic heterocycles. The van der Waals surface area contributed by atoms with E-state index in [2.05, 4.69) is 0 Å². The van der Waals surface area contributed by atoms with Crippen molar-refractivity contribution in [2.45, 2.75) is 11.7 Å². The first-order valence-corrected chi connectivity index (χ1v) is 9.76. The highest BCUT2D eigenvalue weighted by atomic mass is 127. The van der Waals surface area contributed by atoms with Crippen molar-refractivity contribution in [3.63, 3.8) is 0 Å². The van der Waals surface area contributed by atoms with E-state index in [-0.39, 0.29) is 21.2 Å². The summed E-state index contributed by atoms with van der Waals surface area (Å²) in [5.41, 5.74) is -6.23. The van der Waals surface area contributed by atoms with Gasteiger partial charge in [-0.15, -0.1) is 0 Å². The number of benzene rings is 2. The van der Waals surface area contributed by atoms with Gasteiger partial charge >= 0.3 is 32.9 Å². The van der Waals surface area contributed by atoms with E-state index in [0.717, 1.165) is 15.7 Å². The van der Waals surface area contributed by atoms with Gasteiger partial charge in [0.1, 0.15) is 0 Å². The van der Waals surface area contributed by atoms with Crippen LogP contribution in [0.1, 0.15) is 5.56 Å². The Morgan fingerprint density at radius 1 is 0.760 bits per heavy atom. The summed E-state index contributed by atoms with van der Waals surface area (Å²) in [6, 6.07) is 15.3. The van der Waals surface area contributed by atoms with E-state index in [0.29, 0.717) is 0 Å². The van der Waals surface area contributed by atoms with Crippen LogP contribution in [0.3, 0.4) is 0 Å². The van der Waals surface area contributed by atoms with Crippen LogP contribution in [0, 0.1) is 7.14 Å². The lowest BCUT2D eigenvalue weighted by atomic mass is 10.2. The van der Waals surface area contributed by atoms with Crippen LogP contribution in [0.4, 0.5) is 26.3 Å². The molecule has 0 aliphatic heterocycles. The maximum Gasteiger partial charge on any atom is 0.485 e. The van der Waals surface area contributed by atoms with Crippen molar-refractivity contribution in [1.29, 1.82) is 0 Å². The first-order chi connectivity index (χ1) is 11.3. The molecule has 0 atom stereocenters. The van der Waals surface area contributed by atoms with E-state index in [4.69, 9.17) is 13.0 Å². The zero-order chi connectivity index (χ0) is 19.3. The highest BCUT2D eigenvalue weighted by Gasteiger charge is 2.37. The van der Waals surface area contributed by atoms with Crippen molar-refractivity contribution >= 4 is 10.1 Å². The molecule has 0 N–H and O–H groups in total. The van der Waals surface area contributed by atoms with Crippen molar-refractivity contribution in [2.24, 2.45) is 0 Å². The van der Waals surface area contributed by atoms with Gasteiger partial charge in [0, 0.05) is 0 Å². The third-order valence-electron chi connectivity index (χ3n) is 2.41. The molecule has 0 aliphatic carbocycles. The van der Waals surface area contributed by atoms with Gasteiger partial charge in [0.05, 0.1) is 5.56 Å². The quantitative estimate of drug-likeness (QED) is 0.268. The summed E-state index contributed by atoms with van der Waals surface area (Å²) in [6.07, 6.45) is -4.25. The normalized spacial score (nSPS) is 12.3. The van der Waals surface area contributed by atoms with Crippen molar-refractivity contribution in [1.82, 2.24) is 0 Å².